The Bertz CT molecular complexity index is 1730. The highest BCUT2D eigenvalue weighted by Gasteiger charge is 2.12. The minimum absolute atomic E-state index is 0.0550. The first-order valence-electron chi connectivity index (χ1n) is 15.4. The molecule has 0 heterocycles. The SMILES string of the molecule is C=C(F)C(=O)OCCCOc1ccc(COc2ccc3cc(CCC)ccc3c2/C=N/N(c2ccccc2)c2ccccc2)cc1. The number of fused-ring (bicyclic) bond motifs is 1. The molecule has 0 aliphatic rings. The number of nitrogens with zero attached hydrogens (tertiary/aromatic N) is 2. The van der Waals surface area contributed by atoms with Gasteiger partial charge in [0.1, 0.15) is 18.1 Å². The number of aryl methyl sites for hydroxylation is 1. The van der Waals surface area contributed by atoms with Crippen molar-refractivity contribution in [2.45, 2.75) is 32.8 Å². The number of esters is 1. The van der Waals surface area contributed by atoms with Gasteiger partial charge in [-0.1, -0.05) is 92.7 Å². The summed E-state index contributed by atoms with van der Waals surface area (Å²) in [5.74, 6) is -0.750. The topological polar surface area (TPSA) is 60.4 Å². The van der Waals surface area contributed by atoms with E-state index in [1.165, 1.54) is 5.56 Å². The Morgan fingerprint density at radius 1 is 0.826 bits per heavy atom. The number of para-hydroxylation sites is 2. The number of hydrogen-bond acceptors (Lipinski definition) is 6. The van der Waals surface area contributed by atoms with Crippen LogP contribution >= 0.6 is 0 Å². The predicted molar refractivity (Wildman–Crippen MR) is 183 cm³/mol. The highest BCUT2D eigenvalue weighted by atomic mass is 19.1. The first-order chi connectivity index (χ1) is 22.5. The summed E-state index contributed by atoms with van der Waals surface area (Å²) in [6.07, 6.45) is 4.42. The molecule has 0 amide bonds. The zero-order valence-corrected chi connectivity index (χ0v) is 25.9. The third kappa shape index (κ3) is 8.60. The normalized spacial score (nSPS) is 11.0. The van der Waals surface area contributed by atoms with Crippen LogP contribution < -0.4 is 14.5 Å². The molecular weight excluding hydrogens is 579 g/mol. The quantitative estimate of drug-likeness (QED) is 0.0386. The van der Waals surface area contributed by atoms with Crippen molar-refractivity contribution >= 4 is 34.3 Å². The summed E-state index contributed by atoms with van der Waals surface area (Å²) in [5.41, 5.74) is 5.07. The molecule has 5 rings (SSSR count). The maximum Gasteiger partial charge on any atom is 0.366 e. The van der Waals surface area contributed by atoms with Gasteiger partial charge < -0.3 is 14.2 Å². The van der Waals surface area contributed by atoms with E-state index in [0.29, 0.717) is 25.4 Å². The van der Waals surface area contributed by atoms with Gasteiger partial charge in [-0.3, -0.25) is 0 Å². The molecule has 0 fully saturated rings. The van der Waals surface area contributed by atoms with Crippen LogP contribution in [0.1, 0.15) is 36.5 Å². The summed E-state index contributed by atoms with van der Waals surface area (Å²) in [6, 6.07) is 38.5. The molecule has 234 valence electrons. The highest BCUT2D eigenvalue weighted by molar-refractivity contribution is 6.03. The summed E-state index contributed by atoms with van der Waals surface area (Å²) in [4.78, 5) is 11.1. The van der Waals surface area contributed by atoms with Crippen molar-refractivity contribution in [3.05, 3.63) is 144 Å². The van der Waals surface area contributed by atoms with E-state index in [0.717, 1.165) is 51.9 Å². The second-order valence-corrected chi connectivity index (χ2v) is 10.7. The number of rotatable bonds is 15. The maximum absolute atomic E-state index is 12.7. The molecule has 0 atom stereocenters. The Morgan fingerprint density at radius 3 is 2.15 bits per heavy atom. The van der Waals surface area contributed by atoms with E-state index < -0.39 is 11.8 Å². The van der Waals surface area contributed by atoms with Crippen LogP contribution in [-0.4, -0.2) is 25.4 Å². The van der Waals surface area contributed by atoms with Crippen LogP contribution in [0.4, 0.5) is 15.8 Å². The Morgan fingerprint density at radius 2 is 1.50 bits per heavy atom. The van der Waals surface area contributed by atoms with Crippen molar-refractivity contribution in [2.24, 2.45) is 5.10 Å². The molecule has 46 heavy (non-hydrogen) atoms. The summed E-state index contributed by atoms with van der Waals surface area (Å²) < 4.78 is 29.6. The molecule has 5 aromatic rings. The Kier molecular flexibility index (Phi) is 11.2. The van der Waals surface area contributed by atoms with Crippen molar-refractivity contribution in [3.63, 3.8) is 0 Å². The largest absolute Gasteiger partial charge is 0.493 e. The van der Waals surface area contributed by atoms with Crippen LogP contribution in [0.15, 0.2) is 133 Å². The molecule has 0 aliphatic heterocycles. The Hall–Kier alpha value is -5.43. The Balaban J connectivity index is 1.34. The molecule has 0 saturated carbocycles. The van der Waals surface area contributed by atoms with Gasteiger partial charge in [0.05, 0.1) is 30.8 Å². The molecule has 0 saturated heterocycles. The van der Waals surface area contributed by atoms with E-state index in [1.54, 1.807) is 0 Å². The van der Waals surface area contributed by atoms with E-state index in [4.69, 9.17) is 19.3 Å². The van der Waals surface area contributed by atoms with Gasteiger partial charge in [-0.05, 0) is 70.8 Å². The average Bonchev–Trinajstić information content (AvgIpc) is 3.09. The fourth-order valence-corrected chi connectivity index (χ4v) is 4.96. The molecule has 0 N–H and O–H groups in total. The third-order valence-electron chi connectivity index (χ3n) is 7.26. The van der Waals surface area contributed by atoms with E-state index >= 15 is 0 Å². The molecule has 0 aliphatic carbocycles. The number of benzene rings is 5. The fourth-order valence-electron chi connectivity index (χ4n) is 4.96. The predicted octanol–water partition coefficient (Wildman–Crippen LogP) is 9.34. The molecule has 5 aromatic carbocycles. The van der Waals surface area contributed by atoms with Gasteiger partial charge in [0, 0.05) is 12.0 Å². The number of hydrazone groups is 1. The third-order valence-corrected chi connectivity index (χ3v) is 7.26. The van der Waals surface area contributed by atoms with Gasteiger partial charge in [-0.25, -0.2) is 9.80 Å². The second kappa shape index (κ2) is 16.0. The van der Waals surface area contributed by atoms with Crippen LogP contribution in [0.25, 0.3) is 10.8 Å². The zero-order chi connectivity index (χ0) is 32.1. The minimum Gasteiger partial charge on any atom is -0.493 e. The van der Waals surface area contributed by atoms with Crippen LogP contribution in [0, 0.1) is 0 Å². The molecule has 0 aromatic heterocycles. The lowest BCUT2D eigenvalue weighted by molar-refractivity contribution is -0.140. The van der Waals surface area contributed by atoms with Crippen molar-refractivity contribution in [2.75, 3.05) is 18.2 Å². The summed E-state index contributed by atoms with van der Waals surface area (Å²) in [7, 11) is 0. The van der Waals surface area contributed by atoms with Crippen molar-refractivity contribution in [1.82, 2.24) is 0 Å². The minimum atomic E-state index is -1.11. The number of carbonyl (C=O) groups excluding carboxylic acids is 1. The second-order valence-electron chi connectivity index (χ2n) is 10.7. The number of anilines is 2. The van der Waals surface area contributed by atoms with E-state index in [-0.39, 0.29) is 6.61 Å². The van der Waals surface area contributed by atoms with Crippen LogP contribution in [0.3, 0.4) is 0 Å². The van der Waals surface area contributed by atoms with Gasteiger partial charge in [0.25, 0.3) is 0 Å². The maximum atomic E-state index is 12.7. The van der Waals surface area contributed by atoms with Crippen molar-refractivity contribution < 1.29 is 23.4 Å². The fraction of sp³-hybridized carbons (Fsp3) is 0.179. The first kappa shape index (κ1) is 32.0. The van der Waals surface area contributed by atoms with Crippen LogP contribution in [-0.2, 0) is 22.6 Å². The van der Waals surface area contributed by atoms with Gasteiger partial charge in [-0.2, -0.15) is 9.49 Å². The van der Waals surface area contributed by atoms with Crippen molar-refractivity contribution in [3.8, 4) is 11.5 Å². The number of ether oxygens (including phenoxy) is 3. The standard InChI is InChI=1S/C39H37FN2O4/c1-3-11-30-18-22-36-32(26-30)19-23-38(37(36)27-41-42(33-12-6-4-7-13-33)34-14-8-5-9-15-34)46-28-31-16-20-35(21-17-31)44-24-10-25-45-39(43)29(2)40/h4-9,12-23,26-27H,2-3,10-11,24-25,28H2,1H3/b41-27+. The summed E-state index contributed by atoms with van der Waals surface area (Å²) >= 11 is 0. The van der Waals surface area contributed by atoms with Gasteiger partial charge in [-0.15, -0.1) is 0 Å². The van der Waals surface area contributed by atoms with E-state index in [1.807, 2.05) is 102 Å². The molecule has 0 radical (unpaired) electrons. The lowest BCUT2D eigenvalue weighted by Gasteiger charge is -2.20. The zero-order valence-electron chi connectivity index (χ0n) is 25.9. The summed E-state index contributed by atoms with van der Waals surface area (Å²) in [5, 5.41) is 9.12. The van der Waals surface area contributed by atoms with E-state index in [9.17, 15) is 9.18 Å². The molecule has 0 bridgehead atoms. The molecular formula is C39H37FN2O4. The lowest BCUT2D eigenvalue weighted by atomic mass is 10.00. The first-order valence-corrected chi connectivity index (χ1v) is 15.4. The number of halogens is 1. The van der Waals surface area contributed by atoms with Crippen LogP contribution in [0.2, 0.25) is 0 Å². The van der Waals surface area contributed by atoms with Gasteiger partial charge >= 0.3 is 5.97 Å². The highest BCUT2D eigenvalue weighted by Crippen LogP contribution is 2.31. The van der Waals surface area contributed by atoms with Crippen molar-refractivity contribution in [1.29, 1.82) is 0 Å². The molecule has 7 heteroatoms. The smallest absolute Gasteiger partial charge is 0.366 e. The molecule has 6 nitrogen and oxygen atoms in total. The Labute approximate surface area is 269 Å². The van der Waals surface area contributed by atoms with Crippen LogP contribution in [0.5, 0.6) is 11.5 Å². The number of carbonyl (C=O) groups is 1. The van der Waals surface area contributed by atoms with E-state index in [2.05, 4.69) is 37.8 Å². The van der Waals surface area contributed by atoms with Gasteiger partial charge in [0.2, 0.25) is 5.83 Å². The van der Waals surface area contributed by atoms with Gasteiger partial charge in [0.15, 0.2) is 0 Å². The lowest BCUT2D eigenvalue weighted by Crippen LogP contribution is -2.09. The molecule has 0 unspecified atom stereocenters. The average molecular weight is 617 g/mol. The summed E-state index contributed by atoms with van der Waals surface area (Å²) in [6.45, 7) is 5.84. The monoisotopic (exact) mass is 616 g/mol. The molecule has 0 spiro atoms. The number of hydrogen-bond donors (Lipinski definition) is 0.